The zero-order valence-corrected chi connectivity index (χ0v) is 17.4. The third-order valence-corrected chi connectivity index (χ3v) is 5.90. The summed E-state index contributed by atoms with van der Waals surface area (Å²) in [6.45, 7) is -2.69. The SMILES string of the molecule is NC(=O)[C@H](NC(C1CC1)C1CC1)C(=O)Nc1ccc(N2CCOCC2=O)cc1OC(F)F. The Morgan fingerprint density at radius 3 is 2.44 bits per heavy atom. The van der Waals surface area contributed by atoms with Crippen molar-refractivity contribution in [3.8, 4) is 5.75 Å². The number of carbonyl (C=O) groups excluding carboxylic acids is 3. The third kappa shape index (κ3) is 5.33. The predicted molar refractivity (Wildman–Crippen MR) is 110 cm³/mol. The van der Waals surface area contributed by atoms with E-state index < -0.39 is 24.5 Å². The molecule has 1 heterocycles. The number of primary amides is 1. The van der Waals surface area contributed by atoms with Crippen molar-refractivity contribution < 1.29 is 32.6 Å². The van der Waals surface area contributed by atoms with Gasteiger partial charge in [-0.1, -0.05) is 0 Å². The van der Waals surface area contributed by atoms with Crippen LogP contribution in [0.25, 0.3) is 0 Å². The van der Waals surface area contributed by atoms with Crippen LogP contribution in [0.4, 0.5) is 20.2 Å². The zero-order chi connectivity index (χ0) is 22.8. The topological polar surface area (TPSA) is 123 Å². The lowest BCUT2D eigenvalue weighted by molar-refractivity contribution is -0.128. The van der Waals surface area contributed by atoms with Gasteiger partial charge in [-0.3, -0.25) is 19.7 Å². The molecule has 2 aliphatic carbocycles. The van der Waals surface area contributed by atoms with Crippen LogP contribution in [0.5, 0.6) is 5.75 Å². The fourth-order valence-corrected chi connectivity index (χ4v) is 4.02. The molecule has 0 aromatic heterocycles. The van der Waals surface area contributed by atoms with Gasteiger partial charge in [0.05, 0.1) is 12.3 Å². The number of halogens is 2. The summed E-state index contributed by atoms with van der Waals surface area (Å²) in [5, 5.41) is 5.56. The first kappa shape index (κ1) is 22.4. The number of hydrogen-bond acceptors (Lipinski definition) is 6. The number of benzene rings is 1. The molecule has 11 heteroatoms. The Bertz CT molecular complexity index is 879. The summed E-state index contributed by atoms with van der Waals surface area (Å²) in [5.41, 5.74) is 5.75. The van der Waals surface area contributed by atoms with Crippen LogP contribution in [0.15, 0.2) is 18.2 Å². The van der Waals surface area contributed by atoms with Crippen LogP contribution in [0.3, 0.4) is 0 Å². The number of rotatable bonds is 10. The fourth-order valence-electron chi connectivity index (χ4n) is 4.02. The lowest BCUT2D eigenvalue weighted by Gasteiger charge is -2.28. The minimum Gasteiger partial charge on any atom is -0.433 e. The van der Waals surface area contributed by atoms with Crippen molar-refractivity contribution in [1.29, 1.82) is 0 Å². The maximum Gasteiger partial charge on any atom is 0.387 e. The van der Waals surface area contributed by atoms with E-state index in [-0.39, 0.29) is 36.5 Å². The van der Waals surface area contributed by atoms with E-state index in [0.29, 0.717) is 24.1 Å². The molecule has 4 N–H and O–H groups in total. The first-order valence-corrected chi connectivity index (χ1v) is 10.7. The van der Waals surface area contributed by atoms with Gasteiger partial charge in [-0.2, -0.15) is 8.78 Å². The van der Waals surface area contributed by atoms with Gasteiger partial charge in [-0.05, 0) is 49.7 Å². The first-order chi connectivity index (χ1) is 15.3. The molecule has 4 rings (SSSR count). The van der Waals surface area contributed by atoms with Crippen LogP contribution in [0, 0.1) is 11.8 Å². The Balaban J connectivity index is 1.52. The van der Waals surface area contributed by atoms with E-state index in [1.807, 2.05) is 0 Å². The van der Waals surface area contributed by atoms with E-state index in [0.717, 1.165) is 25.7 Å². The van der Waals surface area contributed by atoms with Gasteiger partial charge in [0.25, 0.3) is 11.8 Å². The summed E-state index contributed by atoms with van der Waals surface area (Å²) in [5.74, 6) is -1.41. The van der Waals surface area contributed by atoms with Crippen molar-refractivity contribution in [2.24, 2.45) is 17.6 Å². The highest BCUT2D eigenvalue weighted by Gasteiger charge is 2.44. The Labute approximate surface area is 183 Å². The summed E-state index contributed by atoms with van der Waals surface area (Å²) >= 11 is 0. The van der Waals surface area contributed by atoms with Crippen molar-refractivity contribution in [3.63, 3.8) is 0 Å². The maximum absolute atomic E-state index is 13.0. The molecule has 174 valence electrons. The fraction of sp³-hybridized carbons (Fsp3) is 0.571. The quantitative estimate of drug-likeness (QED) is 0.459. The second-order valence-electron chi connectivity index (χ2n) is 8.35. The number of amides is 3. The Kier molecular flexibility index (Phi) is 6.56. The van der Waals surface area contributed by atoms with Gasteiger partial charge < -0.3 is 25.4 Å². The van der Waals surface area contributed by atoms with Crippen LogP contribution in [-0.4, -0.2) is 56.2 Å². The van der Waals surface area contributed by atoms with E-state index >= 15 is 0 Å². The molecule has 1 aromatic carbocycles. The van der Waals surface area contributed by atoms with Crippen molar-refractivity contribution in [1.82, 2.24) is 5.32 Å². The molecule has 3 fully saturated rings. The van der Waals surface area contributed by atoms with Crippen molar-refractivity contribution in [2.75, 3.05) is 30.0 Å². The molecule has 0 spiro atoms. The number of alkyl halides is 2. The third-order valence-electron chi connectivity index (χ3n) is 5.90. The number of morpholine rings is 1. The minimum absolute atomic E-state index is 0.0322. The molecule has 32 heavy (non-hydrogen) atoms. The summed E-state index contributed by atoms with van der Waals surface area (Å²) in [6.07, 6.45) is 4.15. The van der Waals surface area contributed by atoms with Gasteiger partial charge >= 0.3 is 6.61 Å². The number of nitrogens with zero attached hydrogens (tertiary/aromatic N) is 1. The Morgan fingerprint density at radius 2 is 1.88 bits per heavy atom. The van der Waals surface area contributed by atoms with Gasteiger partial charge in [-0.25, -0.2) is 0 Å². The average Bonchev–Trinajstić information content (AvgIpc) is 3.64. The van der Waals surface area contributed by atoms with E-state index in [2.05, 4.69) is 15.4 Å². The Hall–Kier alpha value is -2.79. The molecule has 1 atom stereocenters. The van der Waals surface area contributed by atoms with Gasteiger partial charge in [-0.15, -0.1) is 0 Å². The molecule has 0 radical (unpaired) electrons. The van der Waals surface area contributed by atoms with Crippen LogP contribution >= 0.6 is 0 Å². The number of anilines is 2. The summed E-state index contributed by atoms with van der Waals surface area (Å²) in [4.78, 5) is 38.3. The average molecular weight is 452 g/mol. The monoisotopic (exact) mass is 452 g/mol. The van der Waals surface area contributed by atoms with Gasteiger partial charge in [0.1, 0.15) is 6.61 Å². The van der Waals surface area contributed by atoms with E-state index in [1.54, 1.807) is 0 Å². The molecule has 9 nitrogen and oxygen atoms in total. The molecule has 3 aliphatic rings. The summed E-state index contributed by atoms with van der Waals surface area (Å²) < 4.78 is 35.7. The smallest absolute Gasteiger partial charge is 0.387 e. The van der Waals surface area contributed by atoms with Crippen LogP contribution in [0.2, 0.25) is 0 Å². The van der Waals surface area contributed by atoms with Crippen LogP contribution in [0.1, 0.15) is 25.7 Å². The van der Waals surface area contributed by atoms with Gasteiger partial charge in [0, 0.05) is 24.3 Å². The molecular formula is C21H26F2N4O5. The lowest BCUT2D eigenvalue weighted by atomic mass is 10.1. The molecule has 2 saturated carbocycles. The van der Waals surface area contributed by atoms with Crippen molar-refractivity contribution in [2.45, 2.75) is 44.4 Å². The van der Waals surface area contributed by atoms with Gasteiger partial charge in [0.15, 0.2) is 11.8 Å². The molecule has 0 bridgehead atoms. The molecule has 3 amide bonds. The van der Waals surface area contributed by atoms with Crippen LogP contribution in [-0.2, 0) is 19.1 Å². The largest absolute Gasteiger partial charge is 0.433 e. The highest BCUT2D eigenvalue weighted by atomic mass is 19.3. The highest BCUT2D eigenvalue weighted by molar-refractivity contribution is 6.10. The zero-order valence-electron chi connectivity index (χ0n) is 17.4. The second kappa shape index (κ2) is 9.37. The first-order valence-electron chi connectivity index (χ1n) is 10.7. The minimum atomic E-state index is -3.15. The standard InChI is InChI=1S/C21H26F2N4O5/c22-21(23)32-15-9-13(27-7-8-31-10-16(27)28)5-6-14(15)25-20(30)18(19(24)29)26-17(11-1-2-11)12-3-4-12/h5-6,9,11-12,17-18,21,26H,1-4,7-8,10H2,(H2,24,29)(H,25,30)/t18-/m0/s1. The molecule has 1 saturated heterocycles. The van der Waals surface area contributed by atoms with E-state index in [4.69, 9.17) is 10.5 Å². The lowest BCUT2D eigenvalue weighted by Crippen LogP contribution is -2.54. The van der Waals surface area contributed by atoms with Crippen LogP contribution < -0.4 is 26.0 Å². The molecule has 0 unspecified atom stereocenters. The molecule has 1 aliphatic heterocycles. The Morgan fingerprint density at radius 1 is 1.19 bits per heavy atom. The van der Waals surface area contributed by atoms with E-state index in [1.165, 1.54) is 23.1 Å². The summed E-state index contributed by atoms with van der Waals surface area (Å²) in [7, 11) is 0. The molecular weight excluding hydrogens is 426 g/mol. The second-order valence-corrected chi connectivity index (χ2v) is 8.35. The van der Waals surface area contributed by atoms with Crippen molar-refractivity contribution >= 4 is 29.1 Å². The number of ether oxygens (including phenoxy) is 2. The number of hydrogen-bond donors (Lipinski definition) is 3. The maximum atomic E-state index is 13.0. The predicted octanol–water partition coefficient (Wildman–Crippen LogP) is 1.22. The number of nitrogens with two attached hydrogens (primary N) is 1. The summed E-state index contributed by atoms with van der Waals surface area (Å²) in [6, 6.07) is 2.83. The normalized spacial score (nSPS) is 19.9. The highest BCUT2D eigenvalue weighted by Crippen LogP contribution is 2.44. The number of nitrogens with one attached hydrogen (secondary N) is 2. The van der Waals surface area contributed by atoms with Gasteiger partial charge in [0.2, 0.25) is 5.91 Å². The molecule has 1 aromatic rings. The van der Waals surface area contributed by atoms with E-state index in [9.17, 15) is 23.2 Å². The number of carbonyl (C=O) groups is 3. The van der Waals surface area contributed by atoms with Crippen molar-refractivity contribution in [3.05, 3.63) is 18.2 Å².